The van der Waals surface area contributed by atoms with Gasteiger partial charge in [-0.15, -0.1) is 0 Å². The van der Waals surface area contributed by atoms with E-state index in [9.17, 15) is 9.90 Å². The Kier molecular flexibility index (Phi) is 9.84. The van der Waals surface area contributed by atoms with Crippen molar-refractivity contribution >= 4 is 5.97 Å². The van der Waals surface area contributed by atoms with Crippen molar-refractivity contribution in [3.8, 4) is 0 Å². The van der Waals surface area contributed by atoms with Crippen LogP contribution in [0.1, 0.15) is 113 Å². The zero-order valence-corrected chi connectivity index (χ0v) is 28.7. The molecular weight excluding hydrogens is 520 g/mol. The summed E-state index contributed by atoms with van der Waals surface area (Å²) >= 11 is 0. The molecule has 1 N–H and O–H groups in total. The van der Waals surface area contributed by atoms with Crippen molar-refractivity contribution in [2.75, 3.05) is 46.4 Å². The third-order valence-corrected chi connectivity index (χ3v) is 15.0. The molecule has 5 rings (SSSR count). The number of nitrogens with zero attached hydrogens (tertiary/aromatic N) is 2. The smallest absolute Gasteiger partial charge is 0.302 e. The van der Waals surface area contributed by atoms with Crippen molar-refractivity contribution in [3.05, 3.63) is 0 Å². The van der Waals surface area contributed by atoms with Gasteiger partial charge in [-0.25, -0.2) is 0 Å². The predicted molar refractivity (Wildman–Crippen MR) is 172 cm³/mol. The second-order valence-corrected chi connectivity index (χ2v) is 17.0. The molecule has 0 spiro atoms. The van der Waals surface area contributed by atoms with Crippen LogP contribution in [0.3, 0.4) is 0 Å². The van der Waals surface area contributed by atoms with Crippen LogP contribution in [0.15, 0.2) is 0 Å². The molecule has 4 aliphatic carbocycles. The molecule has 0 aromatic heterocycles. The van der Waals surface area contributed by atoms with Crippen LogP contribution >= 0.6 is 0 Å². The highest BCUT2D eigenvalue weighted by Gasteiger charge is 2.64. The van der Waals surface area contributed by atoms with E-state index in [1.165, 1.54) is 84.1 Å². The van der Waals surface area contributed by atoms with Gasteiger partial charge in [0.05, 0.1) is 0 Å². The maximum absolute atomic E-state index is 11.9. The predicted octanol–water partition coefficient (Wildman–Crippen LogP) is 7.12. The number of aliphatic hydroxyl groups excluding tert-OH is 1. The number of rotatable bonds is 8. The molecule has 5 unspecified atom stereocenters. The minimum Gasteiger partial charge on any atom is -0.462 e. The summed E-state index contributed by atoms with van der Waals surface area (Å²) in [6.07, 6.45) is 12.6. The molecule has 1 saturated heterocycles. The third-order valence-electron chi connectivity index (χ3n) is 15.0. The Labute approximate surface area is 258 Å². The monoisotopic (exact) mass is 587 g/mol. The highest BCUT2D eigenvalue weighted by molar-refractivity contribution is 5.66. The number of carbonyl (C=O) groups excluding carboxylic acids is 1. The van der Waals surface area contributed by atoms with Crippen LogP contribution in [0, 0.1) is 63.6 Å². The van der Waals surface area contributed by atoms with Crippen LogP contribution in [0.5, 0.6) is 0 Å². The molecule has 1 heterocycles. The van der Waals surface area contributed by atoms with Gasteiger partial charge in [0.2, 0.25) is 0 Å². The number of ether oxygens (including phenoxy) is 1. The van der Waals surface area contributed by atoms with E-state index in [1.54, 1.807) is 6.92 Å². The second-order valence-electron chi connectivity index (χ2n) is 17.0. The number of aliphatic hydroxyl groups is 1. The lowest BCUT2D eigenvalue weighted by Gasteiger charge is -2.69. The summed E-state index contributed by atoms with van der Waals surface area (Å²) in [5, 5.41) is 10.5. The average molecular weight is 587 g/mol. The van der Waals surface area contributed by atoms with Crippen molar-refractivity contribution < 1.29 is 14.6 Å². The van der Waals surface area contributed by atoms with Crippen LogP contribution in [-0.4, -0.2) is 73.4 Å². The lowest BCUT2D eigenvalue weighted by Crippen LogP contribution is -2.62. The Hall–Kier alpha value is -0.650. The summed E-state index contributed by atoms with van der Waals surface area (Å²) in [6, 6.07) is 0. The van der Waals surface area contributed by atoms with E-state index in [4.69, 9.17) is 4.74 Å². The van der Waals surface area contributed by atoms with Crippen LogP contribution in [0.2, 0.25) is 0 Å². The maximum Gasteiger partial charge on any atom is 0.302 e. The summed E-state index contributed by atoms with van der Waals surface area (Å²) < 4.78 is 5.86. The first kappa shape index (κ1) is 32.7. The van der Waals surface area contributed by atoms with Gasteiger partial charge in [-0.3, -0.25) is 4.79 Å². The Morgan fingerprint density at radius 1 is 0.905 bits per heavy atom. The van der Waals surface area contributed by atoms with E-state index in [1.807, 2.05) is 0 Å². The SMILES string of the molecule is CC(=O)O[C@H]1CC[C@@]2(C)C(CC[C@@]3(C)C4CC[C@](CCO)(CCN5CCN(C)CC5)C(C(C)C(C)C)[C@H]4CCC32)[C@H]1C. The zero-order chi connectivity index (χ0) is 30.4. The number of hydrogen-bond acceptors (Lipinski definition) is 5. The molecule has 5 nitrogen and oxygen atoms in total. The molecule has 5 heteroatoms. The Morgan fingerprint density at radius 3 is 2.19 bits per heavy atom. The van der Waals surface area contributed by atoms with E-state index in [0.717, 1.165) is 30.6 Å². The molecule has 1 aliphatic heterocycles. The van der Waals surface area contributed by atoms with E-state index in [2.05, 4.69) is 58.4 Å². The fourth-order valence-electron chi connectivity index (χ4n) is 12.5. The molecule has 0 aromatic carbocycles. The fourth-order valence-corrected chi connectivity index (χ4v) is 12.5. The number of fused-ring (bicyclic) bond motifs is 5. The first-order valence-corrected chi connectivity index (χ1v) is 18.1. The van der Waals surface area contributed by atoms with Crippen molar-refractivity contribution in [1.29, 1.82) is 0 Å². The minimum atomic E-state index is -0.108. The molecule has 4 saturated carbocycles. The summed E-state index contributed by atoms with van der Waals surface area (Å²) in [4.78, 5) is 17.1. The van der Waals surface area contributed by atoms with E-state index in [0.29, 0.717) is 47.0 Å². The maximum atomic E-state index is 11.9. The normalized spacial score (nSPS) is 45.5. The van der Waals surface area contributed by atoms with Crippen molar-refractivity contribution in [1.82, 2.24) is 9.80 Å². The lowest BCUT2D eigenvalue weighted by atomic mass is 9.36. The molecular formula is C37H66N2O3. The van der Waals surface area contributed by atoms with Crippen LogP contribution in [0.25, 0.3) is 0 Å². The number of hydrogen-bond donors (Lipinski definition) is 1. The molecule has 0 bridgehead atoms. The molecule has 242 valence electrons. The van der Waals surface area contributed by atoms with Gasteiger partial charge in [0.15, 0.2) is 0 Å². The Balaban J connectivity index is 1.40. The first-order valence-electron chi connectivity index (χ1n) is 18.1. The summed E-state index contributed by atoms with van der Waals surface area (Å²) in [5.74, 6) is 5.44. The first-order chi connectivity index (χ1) is 19.9. The third kappa shape index (κ3) is 5.75. The average Bonchev–Trinajstić information content (AvgIpc) is 2.93. The standard InChI is InChI=1S/C37H66N2O3/c1-25(2)26(3)34-29-9-10-33-35(6)15-13-32(42-28(5)41)27(4)30(35)11-14-36(33,7)31(29)12-16-37(34,18-24-40)17-19-39-22-20-38(8)21-23-39/h25-27,29-34,40H,9-24H2,1-8H3/t26?,27-,29+,30?,31?,32+,33?,34?,35+,36+,37-/m1/s1. The second kappa shape index (κ2) is 12.6. The van der Waals surface area contributed by atoms with Gasteiger partial charge in [0.1, 0.15) is 6.10 Å². The number of esters is 1. The molecule has 0 radical (unpaired) electrons. The highest BCUT2D eigenvalue weighted by Crippen LogP contribution is 2.71. The van der Waals surface area contributed by atoms with Crippen molar-refractivity contribution in [2.45, 2.75) is 119 Å². The molecule has 5 aliphatic rings. The van der Waals surface area contributed by atoms with E-state index >= 15 is 0 Å². The molecule has 42 heavy (non-hydrogen) atoms. The van der Waals surface area contributed by atoms with Gasteiger partial charge in [-0.05, 0) is 141 Å². The van der Waals surface area contributed by atoms with Gasteiger partial charge in [0.25, 0.3) is 0 Å². The molecule has 5 fully saturated rings. The van der Waals surface area contributed by atoms with Gasteiger partial charge in [-0.2, -0.15) is 0 Å². The van der Waals surface area contributed by atoms with Crippen LogP contribution < -0.4 is 0 Å². The van der Waals surface area contributed by atoms with Crippen LogP contribution in [0.4, 0.5) is 0 Å². The van der Waals surface area contributed by atoms with Crippen LogP contribution in [-0.2, 0) is 9.53 Å². The highest BCUT2D eigenvalue weighted by atomic mass is 16.5. The molecule has 0 aromatic rings. The quantitative estimate of drug-likeness (QED) is 0.307. The van der Waals surface area contributed by atoms with E-state index < -0.39 is 0 Å². The number of likely N-dealkylation sites (N-methyl/N-ethyl adjacent to an activating group) is 1. The molecule has 11 atom stereocenters. The van der Waals surface area contributed by atoms with Crippen molar-refractivity contribution in [2.24, 2.45) is 63.6 Å². The van der Waals surface area contributed by atoms with Crippen molar-refractivity contribution in [3.63, 3.8) is 0 Å². The number of piperazine rings is 1. The number of carbonyl (C=O) groups is 1. The van der Waals surface area contributed by atoms with Gasteiger partial charge in [-0.1, -0.05) is 41.5 Å². The van der Waals surface area contributed by atoms with Gasteiger partial charge >= 0.3 is 5.97 Å². The van der Waals surface area contributed by atoms with Gasteiger partial charge < -0.3 is 19.6 Å². The summed E-state index contributed by atoms with van der Waals surface area (Å²) in [6.45, 7) is 23.1. The Bertz CT molecular complexity index is 932. The topological polar surface area (TPSA) is 53.0 Å². The van der Waals surface area contributed by atoms with E-state index in [-0.39, 0.29) is 17.5 Å². The molecule has 0 amide bonds. The van der Waals surface area contributed by atoms with Gasteiger partial charge in [0, 0.05) is 39.7 Å². The lowest BCUT2D eigenvalue weighted by molar-refractivity contribution is -0.210. The largest absolute Gasteiger partial charge is 0.462 e. The zero-order valence-electron chi connectivity index (χ0n) is 28.7. The Morgan fingerprint density at radius 2 is 1.55 bits per heavy atom. The minimum absolute atomic E-state index is 0.103. The summed E-state index contributed by atoms with van der Waals surface area (Å²) in [5.41, 5.74) is 1.03. The summed E-state index contributed by atoms with van der Waals surface area (Å²) in [7, 11) is 2.25. The fraction of sp³-hybridized carbons (Fsp3) is 0.973.